The van der Waals surface area contributed by atoms with Crippen molar-refractivity contribution >= 4 is 22.9 Å². The molecule has 1 unspecified atom stereocenters. The predicted molar refractivity (Wildman–Crippen MR) is 79.9 cm³/mol. The molecule has 7 nitrogen and oxygen atoms in total. The summed E-state index contributed by atoms with van der Waals surface area (Å²) in [5.41, 5.74) is 1.56. The summed E-state index contributed by atoms with van der Waals surface area (Å²) in [5, 5.41) is 6.42. The Morgan fingerprint density at radius 1 is 1.45 bits per heavy atom. The van der Waals surface area contributed by atoms with Crippen molar-refractivity contribution in [2.24, 2.45) is 5.92 Å². The van der Waals surface area contributed by atoms with Crippen LogP contribution in [0.3, 0.4) is 0 Å². The van der Waals surface area contributed by atoms with Crippen LogP contribution in [0.15, 0.2) is 6.33 Å². The number of aromatic amines is 1. The minimum Gasteiger partial charge on any atom is -0.368 e. The number of H-pyrrole nitrogens is 1. The minimum absolute atomic E-state index is 0.591. The zero-order valence-electron chi connectivity index (χ0n) is 12.0. The molecule has 7 heteroatoms. The van der Waals surface area contributed by atoms with Crippen LogP contribution in [0.5, 0.6) is 0 Å². The Hall–Kier alpha value is -1.89. The molecule has 0 aliphatic carbocycles. The van der Waals surface area contributed by atoms with Gasteiger partial charge in [0.05, 0.1) is 6.33 Å². The Bertz CT molecular complexity index is 579. The van der Waals surface area contributed by atoms with Crippen molar-refractivity contribution in [1.82, 2.24) is 24.8 Å². The second-order valence-electron chi connectivity index (χ2n) is 5.40. The third-order valence-electron chi connectivity index (χ3n) is 3.79. The highest BCUT2D eigenvalue weighted by molar-refractivity contribution is 5.83. The molecule has 0 saturated carbocycles. The molecule has 1 atom stereocenters. The molecule has 3 heterocycles. The van der Waals surface area contributed by atoms with E-state index >= 15 is 0 Å². The number of hydrogen-bond donors (Lipinski definition) is 3. The lowest BCUT2D eigenvalue weighted by Gasteiger charge is -2.29. The van der Waals surface area contributed by atoms with Gasteiger partial charge in [-0.3, -0.25) is 0 Å². The molecule has 0 amide bonds. The van der Waals surface area contributed by atoms with Gasteiger partial charge in [-0.25, -0.2) is 4.98 Å². The van der Waals surface area contributed by atoms with E-state index in [2.05, 4.69) is 42.5 Å². The average Bonchev–Trinajstić information content (AvgIpc) is 2.93. The summed E-state index contributed by atoms with van der Waals surface area (Å²) >= 11 is 0. The Labute approximate surface area is 118 Å². The van der Waals surface area contributed by atoms with Gasteiger partial charge in [0.25, 0.3) is 0 Å². The summed E-state index contributed by atoms with van der Waals surface area (Å²) in [7, 11) is 4.00. The SMILES string of the molecule is CNc1nc(NCC2CCCN(C)C2)c2[nH]cnc2n1. The van der Waals surface area contributed by atoms with Crippen LogP contribution in [-0.4, -0.2) is 58.6 Å². The summed E-state index contributed by atoms with van der Waals surface area (Å²) in [6.07, 6.45) is 4.19. The fraction of sp³-hybridized carbons (Fsp3) is 0.615. The third kappa shape index (κ3) is 2.67. The van der Waals surface area contributed by atoms with Gasteiger partial charge in [0.1, 0.15) is 5.52 Å². The molecule has 0 spiro atoms. The van der Waals surface area contributed by atoms with E-state index in [4.69, 9.17) is 0 Å². The molecule has 2 aromatic heterocycles. The van der Waals surface area contributed by atoms with Gasteiger partial charge in [-0.1, -0.05) is 0 Å². The lowest BCUT2D eigenvalue weighted by molar-refractivity contribution is 0.217. The van der Waals surface area contributed by atoms with E-state index in [9.17, 15) is 0 Å². The maximum Gasteiger partial charge on any atom is 0.226 e. The van der Waals surface area contributed by atoms with Gasteiger partial charge >= 0.3 is 0 Å². The van der Waals surface area contributed by atoms with Crippen LogP contribution in [0.4, 0.5) is 11.8 Å². The van der Waals surface area contributed by atoms with Crippen LogP contribution in [0.2, 0.25) is 0 Å². The summed E-state index contributed by atoms with van der Waals surface area (Å²) in [6, 6.07) is 0. The fourth-order valence-corrected chi connectivity index (χ4v) is 2.75. The van der Waals surface area contributed by atoms with Gasteiger partial charge in [-0.05, 0) is 32.4 Å². The van der Waals surface area contributed by atoms with Crippen LogP contribution in [0.25, 0.3) is 11.2 Å². The average molecular weight is 275 g/mol. The molecule has 20 heavy (non-hydrogen) atoms. The summed E-state index contributed by atoms with van der Waals surface area (Å²) in [5.74, 6) is 2.08. The van der Waals surface area contributed by atoms with Crippen molar-refractivity contribution in [3.8, 4) is 0 Å². The predicted octanol–water partition coefficient (Wildman–Crippen LogP) is 1.15. The van der Waals surface area contributed by atoms with Crippen molar-refractivity contribution < 1.29 is 0 Å². The monoisotopic (exact) mass is 275 g/mol. The van der Waals surface area contributed by atoms with Gasteiger partial charge in [0.15, 0.2) is 11.5 Å². The molecule has 1 fully saturated rings. The largest absolute Gasteiger partial charge is 0.368 e. The summed E-state index contributed by atoms with van der Waals surface area (Å²) in [6.45, 7) is 3.28. The lowest BCUT2D eigenvalue weighted by atomic mass is 9.98. The molecule has 3 N–H and O–H groups in total. The number of anilines is 2. The molecule has 0 radical (unpaired) electrons. The molecular weight excluding hydrogens is 254 g/mol. The van der Waals surface area contributed by atoms with Crippen molar-refractivity contribution in [3.05, 3.63) is 6.33 Å². The second-order valence-corrected chi connectivity index (χ2v) is 5.40. The Balaban J connectivity index is 1.74. The topological polar surface area (TPSA) is 81.8 Å². The smallest absolute Gasteiger partial charge is 0.226 e. The molecule has 1 saturated heterocycles. The first kappa shape index (κ1) is 13.1. The Morgan fingerprint density at radius 2 is 2.35 bits per heavy atom. The van der Waals surface area contributed by atoms with Gasteiger partial charge in [-0.2, -0.15) is 9.97 Å². The van der Waals surface area contributed by atoms with Crippen LogP contribution in [0, 0.1) is 5.92 Å². The van der Waals surface area contributed by atoms with Gasteiger partial charge in [0, 0.05) is 20.1 Å². The minimum atomic E-state index is 0.591. The summed E-state index contributed by atoms with van der Waals surface area (Å²) < 4.78 is 0. The van der Waals surface area contributed by atoms with E-state index in [1.54, 1.807) is 6.33 Å². The number of nitrogens with one attached hydrogen (secondary N) is 3. The number of imidazole rings is 1. The van der Waals surface area contributed by atoms with Crippen molar-refractivity contribution in [3.63, 3.8) is 0 Å². The van der Waals surface area contributed by atoms with Gasteiger partial charge in [-0.15, -0.1) is 0 Å². The normalized spacial score (nSPS) is 20.2. The zero-order valence-corrected chi connectivity index (χ0v) is 12.0. The van der Waals surface area contributed by atoms with E-state index < -0.39 is 0 Å². The standard InChI is InChI=1S/C13H21N7/c1-14-13-18-11(10-12(19-13)17-8-16-10)15-6-9-4-3-5-20(2)7-9/h8-9H,3-7H2,1-2H3,(H3,14,15,16,17,18,19). The van der Waals surface area contributed by atoms with Crippen molar-refractivity contribution in [2.75, 3.05) is 44.4 Å². The number of piperidine rings is 1. The lowest BCUT2D eigenvalue weighted by Crippen LogP contribution is -2.35. The quantitative estimate of drug-likeness (QED) is 0.776. The Morgan fingerprint density at radius 3 is 3.15 bits per heavy atom. The molecule has 0 bridgehead atoms. The van der Waals surface area contributed by atoms with Gasteiger partial charge < -0.3 is 20.5 Å². The third-order valence-corrected chi connectivity index (χ3v) is 3.79. The van der Waals surface area contributed by atoms with E-state index in [0.29, 0.717) is 17.5 Å². The van der Waals surface area contributed by atoms with Crippen molar-refractivity contribution in [2.45, 2.75) is 12.8 Å². The van der Waals surface area contributed by atoms with Crippen molar-refractivity contribution in [1.29, 1.82) is 0 Å². The zero-order chi connectivity index (χ0) is 13.9. The highest BCUT2D eigenvalue weighted by Crippen LogP contribution is 2.20. The van der Waals surface area contributed by atoms with E-state index in [1.807, 2.05) is 7.05 Å². The van der Waals surface area contributed by atoms with Crippen LogP contribution >= 0.6 is 0 Å². The van der Waals surface area contributed by atoms with E-state index in [-0.39, 0.29) is 0 Å². The Kier molecular flexibility index (Phi) is 3.68. The number of aromatic nitrogens is 4. The number of hydrogen-bond acceptors (Lipinski definition) is 6. The fourth-order valence-electron chi connectivity index (χ4n) is 2.75. The molecule has 3 rings (SSSR count). The number of fused-ring (bicyclic) bond motifs is 1. The first-order valence-electron chi connectivity index (χ1n) is 7.07. The van der Waals surface area contributed by atoms with Gasteiger partial charge in [0.2, 0.25) is 5.95 Å². The van der Waals surface area contributed by atoms with Crippen LogP contribution < -0.4 is 10.6 Å². The summed E-state index contributed by atoms with van der Waals surface area (Å²) in [4.78, 5) is 18.5. The first-order valence-corrected chi connectivity index (χ1v) is 7.07. The maximum absolute atomic E-state index is 4.48. The molecule has 1 aliphatic heterocycles. The van der Waals surface area contributed by atoms with Crippen LogP contribution in [-0.2, 0) is 0 Å². The molecule has 108 valence electrons. The maximum atomic E-state index is 4.48. The second kappa shape index (κ2) is 5.62. The highest BCUT2D eigenvalue weighted by atomic mass is 15.2. The highest BCUT2D eigenvalue weighted by Gasteiger charge is 2.18. The van der Waals surface area contributed by atoms with Crippen LogP contribution in [0.1, 0.15) is 12.8 Å². The molecule has 2 aromatic rings. The molecule has 1 aliphatic rings. The number of rotatable bonds is 4. The van der Waals surface area contributed by atoms with E-state index in [0.717, 1.165) is 24.4 Å². The first-order chi connectivity index (χ1) is 9.76. The number of nitrogens with zero attached hydrogens (tertiary/aromatic N) is 4. The molecule has 0 aromatic carbocycles. The molecular formula is C13H21N7. The number of likely N-dealkylation sites (tertiary alicyclic amines) is 1. The van der Waals surface area contributed by atoms with E-state index in [1.165, 1.54) is 19.4 Å².